The van der Waals surface area contributed by atoms with Gasteiger partial charge < -0.3 is 5.32 Å². The van der Waals surface area contributed by atoms with Crippen LogP contribution in [0.25, 0.3) is 0 Å². The highest BCUT2D eigenvalue weighted by atomic mass is 32.2. The summed E-state index contributed by atoms with van der Waals surface area (Å²) in [6.07, 6.45) is 8.53. The van der Waals surface area contributed by atoms with Crippen molar-refractivity contribution in [2.45, 2.75) is 76.6 Å². The van der Waals surface area contributed by atoms with Gasteiger partial charge in [-0.2, -0.15) is 11.8 Å². The minimum Gasteiger partial charge on any atom is -0.310 e. The molecule has 2 aliphatic rings. The summed E-state index contributed by atoms with van der Waals surface area (Å²) in [6.45, 7) is 7.15. The first-order valence-electron chi connectivity index (χ1n) is 7.58. The molecule has 0 aromatic heterocycles. The van der Waals surface area contributed by atoms with E-state index >= 15 is 0 Å². The van der Waals surface area contributed by atoms with Gasteiger partial charge in [0, 0.05) is 17.3 Å². The maximum absolute atomic E-state index is 3.98. The van der Waals surface area contributed by atoms with Crippen LogP contribution >= 0.6 is 11.8 Å². The van der Waals surface area contributed by atoms with Crippen LogP contribution in [-0.2, 0) is 0 Å². The zero-order valence-corrected chi connectivity index (χ0v) is 12.6. The molecule has 2 rings (SSSR count). The summed E-state index contributed by atoms with van der Waals surface area (Å²) >= 11 is 2.17. The molecule has 0 aromatic rings. The summed E-state index contributed by atoms with van der Waals surface area (Å²) in [4.78, 5) is 0. The average Bonchev–Trinajstić information content (AvgIpc) is 2.72. The third-order valence-electron chi connectivity index (χ3n) is 4.88. The molecule has 0 bridgehead atoms. The predicted octanol–water partition coefficient (Wildman–Crippen LogP) is 4.07. The van der Waals surface area contributed by atoms with Gasteiger partial charge in [-0.25, -0.2) is 0 Å². The molecule has 0 saturated heterocycles. The Balaban J connectivity index is 1.80. The van der Waals surface area contributed by atoms with E-state index in [1.165, 1.54) is 44.3 Å². The summed E-state index contributed by atoms with van der Waals surface area (Å²) in [5.74, 6) is 3.14. The zero-order chi connectivity index (χ0) is 12.3. The van der Waals surface area contributed by atoms with Gasteiger partial charge in [-0.15, -0.1) is 0 Å². The molecule has 2 aliphatic carbocycles. The number of hydrogen-bond acceptors (Lipinski definition) is 2. The van der Waals surface area contributed by atoms with Crippen molar-refractivity contribution in [3.05, 3.63) is 0 Å². The minimum absolute atomic E-state index is 0.809. The van der Waals surface area contributed by atoms with Gasteiger partial charge in [0.2, 0.25) is 0 Å². The van der Waals surface area contributed by atoms with E-state index in [0.717, 1.165) is 29.2 Å². The molecular weight excluding hydrogens is 226 g/mol. The highest BCUT2D eigenvalue weighted by Gasteiger charge is 2.31. The first kappa shape index (κ1) is 13.7. The molecule has 0 heterocycles. The quantitative estimate of drug-likeness (QED) is 0.812. The van der Waals surface area contributed by atoms with E-state index in [0.29, 0.717) is 0 Å². The van der Waals surface area contributed by atoms with Crippen LogP contribution in [0.5, 0.6) is 0 Å². The van der Waals surface area contributed by atoms with Gasteiger partial charge >= 0.3 is 0 Å². The van der Waals surface area contributed by atoms with Crippen molar-refractivity contribution in [3.8, 4) is 0 Å². The van der Waals surface area contributed by atoms with E-state index in [1.54, 1.807) is 0 Å². The number of thioether (sulfide) groups is 1. The largest absolute Gasteiger partial charge is 0.310 e. The molecule has 2 fully saturated rings. The summed E-state index contributed by atoms with van der Waals surface area (Å²) in [6, 6.07) is 1.62. The summed E-state index contributed by atoms with van der Waals surface area (Å²) in [5, 5.41) is 4.88. The molecule has 1 nitrogen and oxygen atoms in total. The Morgan fingerprint density at radius 3 is 2.59 bits per heavy atom. The van der Waals surface area contributed by atoms with Gasteiger partial charge in [-0.1, -0.05) is 27.2 Å². The molecule has 0 radical (unpaired) electrons. The van der Waals surface area contributed by atoms with E-state index in [2.05, 4.69) is 37.8 Å². The highest BCUT2D eigenvalue weighted by Crippen LogP contribution is 2.33. The molecule has 0 aliphatic heterocycles. The number of nitrogens with one attached hydrogen (secondary N) is 1. The fourth-order valence-electron chi connectivity index (χ4n) is 3.53. The van der Waals surface area contributed by atoms with E-state index in [1.807, 2.05) is 0 Å². The van der Waals surface area contributed by atoms with Crippen molar-refractivity contribution in [2.75, 3.05) is 5.75 Å². The Morgan fingerprint density at radius 1 is 1.06 bits per heavy atom. The van der Waals surface area contributed by atoms with Gasteiger partial charge in [0.05, 0.1) is 0 Å². The van der Waals surface area contributed by atoms with Crippen LogP contribution < -0.4 is 5.32 Å². The van der Waals surface area contributed by atoms with E-state index < -0.39 is 0 Å². The lowest BCUT2D eigenvalue weighted by molar-refractivity contribution is 0.216. The molecule has 17 heavy (non-hydrogen) atoms. The van der Waals surface area contributed by atoms with Gasteiger partial charge in [-0.3, -0.25) is 0 Å². The number of rotatable bonds is 4. The Morgan fingerprint density at radius 2 is 1.88 bits per heavy atom. The molecule has 0 amide bonds. The van der Waals surface area contributed by atoms with Crippen LogP contribution in [0.1, 0.15) is 59.3 Å². The Kier molecular flexibility index (Phi) is 5.23. The molecule has 2 saturated carbocycles. The zero-order valence-electron chi connectivity index (χ0n) is 11.7. The van der Waals surface area contributed by atoms with Crippen molar-refractivity contribution in [3.63, 3.8) is 0 Å². The molecular formula is C15H29NS. The SMILES string of the molecule is CCSC1CCCC1NC1CCC(C)C(C)C1. The number of hydrogen-bond donors (Lipinski definition) is 1. The summed E-state index contributed by atoms with van der Waals surface area (Å²) in [7, 11) is 0. The first-order valence-corrected chi connectivity index (χ1v) is 8.63. The van der Waals surface area contributed by atoms with Crippen LogP contribution in [0, 0.1) is 11.8 Å². The van der Waals surface area contributed by atoms with Crippen LogP contribution in [-0.4, -0.2) is 23.1 Å². The van der Waals surface area contributed by atoms with Crippen molar-refractivity contribution in [1.29, 1.82) is 0 Å². The van der Waals surface area contributed by atoms with Gasteiger partial charge in [0.25, 0.3) is 0 Å². The minimum atomic E-state index is 0.809. The molecule has 5 atom stereocenters. The lowest BCUT2D eigenvalue weighted by atomic mass is 9.79. The monoisotopic (exact) mass is 255 g/mol. The smallest absolute Gasteiger partial charge is 0.0201 e. The standard InChI is InChI=1S/C15H29NS/c1-4-17-15-7-5-6-14(15)16-13-9-8-11(2)12(3)10-13/h11-16H,4-10H2,1-3H3. The fraction of sp³-hybridized carbons (Fsp3) is 1.00. The highest BCUT2D eigenvalue weighted by molar-refractivity contribution is 7.99. The van der Waals surface area contributed by atoms with Crippen LogP contribution in [0.3, 0.4) is 0 Å². The topological polar surface area (TPSA) is 12.0 Å². The fourth-order valence-corrected chi connectivity index (χ4v) is 4.74. The Labute approximate surface area is 112 Å². The first-order chi connectivity index (χ1) is 8.20. The second-order valence-corrected chi connectivity index (χ2v) is 7.68. The van der Waals surface area contributed by atoms with Crippen molar-refractivity contribution >= 4 is 11.8 Å². The van der Waals surface area contributed by atoms with Crippen molar-refractivity contribution in [1.82, 2.24) is 5.32 Å². The molecule has 0 aromatic carbocycles. The van der Waals surface area contributed by atoms with Crippen molar-refractivity contribution in [2.24, 2.45) is 11.8 Å². The van der Waals surface area contributed by atoms with E-state index in [4.69, 9.17) is 0 Å². The Hall–Kier alpha value is 0.310. The third-order valence-corrected chi connectivity index (χ3v) is 6.21. The second-order valence-electron chi connectivity index (χ2n) is 6.16. The summed E-state index contributed by atoms with van der Waals surface area (Å²) in [5.41, 5.74) is 0. The van der Waals surface area contributed by atoms with Gasteiger partial charge in [0.15, 0.2) is 0 Å². The predicted molar refractivity (Wildman–Crippen MR) is 78.7 cm³/mol. The van der Waals surface area contributed by atoms with Crippen LogP contribution in [0.4, 0.5) is 0 Å². The maximum Gasteiger partial charge on any atom is 0.0201 e. The van der Waals surface area contributed by atoms with Gasteiger partial charge in [-0.05, 0) is 49.7 Å². The molecule has 2 heteroatoms. The Bertz CT molecular complexity index is 231. The maximum atomic E-state index is 3.98. The lowest BCUT2D eigenvalue weighted by Gasteiger charge is -2.35. The molecule has 1 N–H and O–H groups in total. The van der Waals surface area contributed by atoms with Crippen molar-refractivity contribution < 1.29 is 0 Å². The molecule has 100 valence electrons. The third kappa shape index (κ3) is 3.64. The van der Waals surface area contributed by atoms with Crippen LogP contribution in [0.15, 0.2) is 0 Å². The molecule has 5 unspecified atom stereocenters. The second kappa shape index (κ2) is 6.47. The molecule has 0 spiro atoms. The summed E-state index contributed by atoms with van der Waals surface area (Å²) < 4.78 is 0. The average molecular weight is 255 g/mol. The van der Waals surface area contributed by atoms with E-state index in [-0.39, 0.29) is 0 Å². The lowest BCUT2D eigenvalue weighted by Crippen LogP contribution is -2.44. The van der Waals surface area contributed by atoms with Gasteiger partial charge in [0.1, 0.15) is 0 Å². The van der Waals surface area contributed by atoms with Crippen LogP contribution in [0.2, 0.25) is 0 Å². The normalized spacial score (nSPS) is 42.9. The van der Waals surface area contributed by atoms with E-state index in [9.17, 15) is 0 Å².